The van der Waals surface area contributed by atoms with E-state index >= 15 is 0 Å². The molecule has 1 unspecified atom stereocenters. The molecule has 5 aliphatic rings. The van der Waals surface area contributed by atoms with Crippen molar-refractivity contribution in [1.82, 2.24) is 14.5 Å². The maximum absolute atomic E-state index is 14.3. The SMILES string of the molecule is C[C@]1(C(=O)NS(=O)(=O)C2CC2)C[C@H]1/C=C\CCCCC[C@H](Nc1c(N2CCC(F)(F)C2)c(=O)c1=O)C(=O)N1CC(OC(=O)N2Cc3cccc(F)c3C2)C[C@H]1C(N)=O. The Hall–Kier alpha value is -4.94. The Labute approximate surface area is 332 Å². The number of nitrogens with one attached hydrogen (secondary N) is 2. The number of nitrogens with zero attached hydrogens (tertiary/aromatic N) is 3. The van der Waals surface area contributed by atoms with E-state index in [9.17, 15) is 50.4 Å². The fraction of sp³-hybridized carbons (Fsp3) is 0.590. The zero-order valence-electron chi connectivity index (χ0n) is 32.0. The van der Waals surface area contributed by atoms with Crippen LogP contribution in [0.4, 0.5) is 29.3 Å². The van der Waals surface area contributed by atoms with Crippen molar-refractivity contribution < 1.29 is 45.5 Å². The van der Waals surface area contributed by atoms with Crippen molar-refractivity contribution in [3.8, 4) is 0 Å². The summed E-state index contributed by atoms with van der Waals surface area (Å²) < 4.78 is 74.9. The summed E-state index contributed by atoms with van der Waals surface area (Å²) in [4.78, 5) is 81.7. The van der Waals surface area contributed by atoms with Gasteiger partial charge in [-0.05, 0) is 56.1 Å². The number of anilines is 2. The number of alkyl halides is 2. The molecule has 5 atom stereocenters. The molecule has 0 radical (unpaired) electrons. The summed E-state index contributed by atoms with van der Waals surface area (Å²) in [5.74, 6) is -5.66. The van der Waals surface area contributed by atoms with Crippen molar-refractivity contribution in [2.24, 2.45) is 17.1 Å². The summed E-state index contributed by atoms with van der Waals surface area (Å²) in [6, 6.07) is 2.15. The number of rotatable bonds is 16. The zero-order valence-corrected chi connectivity index (χ0v) is 32.8. The highest BCUT2D eigenvalue weighted by Gasteiger charge is 2.56. The summed E-state index contributed by atoms with van der Waals surface area (Å²) in [5, 5.41) is 2.35. The Morgan fingerprint density at radius 2 is 1.84 bits per heavy atom. The molecule has 7 rings (SSSR count). The number of unbranched alkanes of at least 4 members (excludes halogenated alkanes) is 3. The van der Waals surface area contributed by atoms with E-state index < -0.39 is 98.3 Å². The number of halogens is 3. The molecule has 2 saturated carbocycles. The summed E-state index contributed by atoms with van der Waals surface area (Å²) in [7, 11) is -3.64. The summed E-state index contributed by atoms with van der Waals surface area (Å²) in [6.45, 7) is 0.664. The van der Waals surface area contributed by atoms with Gasteiger partial charge in [0.15, 0.2) is 0 Å². The van der Waals surface area contributed by atoms with Crippen LogP contribution in [0.5, 0.6) is 0 Å². The molecule has 0 bridgehead atoms. The summed E-state index contributed by atoms with van der Waals surface area (Å²) >= 11 is 0. The van der Waals surface area contributed by atoms with Crippen molar-refractivity contribution in [3.05, 3.63) is 67.7 Å². The molecule has 15 nitrogen and oxygen atoms in total. The maximum Gasteiger partial charge on any atom is 0.410 e. The highest BCUT2D eigenvalue weighted by atomic mass is 32.2. The van der Waals surface area contributed by atoms with E-state index in [-0.39, 0.29) is 56.3 Å². The van der Waals surface area contributed by atoms with E-state index in [0.717, 1.165) is 9.80 Å². The second-order valence-electron chi connectivity index (χ2n) is 16.5. The molecule has 2 saturated heterocycles. The van der Waals surface area contributed by atoms with E-state index in [2.05, 4.69) is 10.0 Å². The van der Waals surface area contributed by atoms with Crippen LogP contribution in [0, 0.1) is 17.2 Å². The first-order valence-electron chi connectivity index (χ1n) is 19.7. The quantitative estimate of drug-likeness (QED) is 0.127. The number of carbonyl (C=O) groups is 4. The Balaban J connectivity index is 0.979. The summed E-state index contributed by atoms with van der Waals surface area (Å²) in [5.41, 5.74) is 3.52. The number of nitrogens with two attached hydrogens (primary N) is 1. The fourth-order valence-electron chi connectivity index (χ4n) is 8.19. The minimum absolute atomic E-state index is 0.0196. The first-order valence-corrected chi connectivity index (χ1v) is 21.2. The molecule has 4 fully saturated rings. The van der Waals surface area contributed by atoms with Gasteiger partial charge in [0.2, 0.25) is 27.7 Å². The van der Waals surface area contributed by atoms with Crippen molar-refractivity contribution in [3.63, 3.8) is 0 Å². The molecule has 2 aromatic rings. The smallest absolute Gasteiger partial charge is 0.410 e. The number of benzene rings is 1. The number of sulfonamides is 1. The third-order valence-corrected chi connectivity index (χ3v) is 13.9. The number of hydrogen-bond acceptors (Lipinski definition) is 11. The van der Waals surface area contributed by atoms with Gasteiger partial charge in [0.1, 0.15) is 35.4 Å². The fourth-order valence-corrected chi connectivity index (χ4v) is 9.61. The van der Waals surface area contributed by atoms with Crippen LogP contribution in [0.1, 0.15) is 82.3 Å². The molecule has 0 spiro atoms. The van der Waals surface area contributed by atoms with Crippen LogP contribution in [0.3, 0.4) is 0 Å². The standard InChI is InChI=1S/C39H47F3N6O9S/c1-38(36(53)45-58(55,56)25-12-13-25)17-23(38)9-5-3-2-4-6-11-28(44-30-31(33(50)32(30)49)46-15-14-39(41,42)21-46)35(52)48-19-24(16-29(48)34(43)51)57-37(54)47-18-22-8-7-10-27(40)26(22)20-47/h5,7-10,23-25,28-29,44H,2-4,6,11-21H2,1H3,(H2,43,51)(H,45,53)/b9-5-/t23-,24?,28+,29+,38+/m1/s1. The Morgan fingerprint density at radius 1 is 1.09 bits per heavy atom. The first-order chi connectivity index (χ1) is 27.4. The van der Waals surface area contributed by atoms with E-state index in [1.807, 2.05) is 12.2 Å². The summed E-state index contributed by atoms with van der Waals surface area (Å²) in [6.07, 6.45) is 5.48. The lowest BCUT2D eigenvalue weighted by molar-refractivity contribution is -0.138. The molecule has 2 aromatic carbocycles. The van der Waals surface area contributed by atoms with Gasteiger partial charge in [-0.25, -0.2) is 26.4 Å². The normalized spacial score (nSPS) is 25.6. The van der Waals surface area contributed by atoms with E-state index in [1.54, 1.807) is 13.0 Å². The highest BCUT2D eigenvalue weighted by molar-refractivity contribution is 7.90. The average Bonchev–Trinajstić information content (AvgIpc) is 3.99. The predicted octanol–water partition coefficient (Wildman–Crippen LogP) is 2.80. The molecule has 4 amide bonds. The van der Waals surface area contributed by atoms with Crippen LogP contribution < -0.4 is 31.5 Å². The lowest BCUT2D eigenvalue weighted by atomic mass is 10.0. The van der Waals surface area contributed by atoms with Gasteiger partial charge in [-0.15, -0.1) is 0 Å². The van der Waals surface area contributed by atoms with Crippen molar-refractivity contribution in [1.29, 1.82) is 0 Å². The molecule has 19 heteroatoms. The van der Waals surface area contributed by atoms with Crippen molar-refractivity contribution in [2.45, 2.75) is 114 Å². The molecule has 3 heterocycles. The molecule has 0 aromatic heterocycles. The molecular formula is C39H47F3N6O9S. The second-order valence-corrected chi connectivity index (χ2v) is 18.4. The van der Waals surface area contributed by atoms with Gasteiger partial charge in [0, 0.05) is 31.5 Å². The number of primary amides is 1. The van der Waals surface area contributed by atoms with E-state index in [1.165, 1.54) is 17.0 Å². The lowest BCUT2D eigenvalue weighted by Crippen LogP contribution is -2.51. The molecule has 314 valence electrons. The molecule has 4 N–H and O–H groups in total. The Morgan fingerprint density at radius 3 is 2.52 bits per heavy atom. The van der Waals surface area contributed by atoms with Crippen LogP contribution in [-0.2, 0) is 42.2 Å². The van der Waals surface area contributed by atoms with Gasteiger partial charge in [-0.1, -0.05) is 44.1 Å². The van der Waals surface area contributed by atoms with Gasteiger partial charge < -0.3 is 25.6 Å². The zero-order chi connectivity index (χ0) is 41.7. The van der Waals surface area contributed by atoms with Crippen LogP contribution in [-0.4, -0.2) is 91.0 Å². The number of likely N-dealkylation sites (tertiary alicyclic amines) is 1. The minimum atomic E-state index is -3.64. The van der Waals surface area contributed by atoms with Crippen LogP contribution in [0.15, 0.2) is 39.9 Å². The first kappa shape index (κ1) is 41.2. The Kier molecular flexibility index (Phi) is 11.1. The van der Waals surface area contributed by atoms with Gasteiger partial charge in [-0.2, -0.15) is 0 Å². The number of ether oxygens (including phenoxy) is 1. The largest absolute Gasteiger partial charge is 0.444 e. The third kappa shape index (κ3) is 8.45. The monoisotopic (exact) mass is 832 g/mol. The van der Waals surface area contributed by atoms with Crippen molar-refractivity contribution >= 4 is 45.2 Å². The maximum atomic E-state index is 14.3. The third-order valence-electron chi connectivity index (χ3n) is 12.1. The van der Waals surface area contributed by atoms with E-state index in [0.29, 0.717) is 56.1 Å². The van der Waals surface area contributed by atoms with Gasteiger partial charge in [0.05, 0.1) is 30.3 Å². The topological polar surface area (TPSA) is 206 Å². The minimum Gasteiger partial charge on any atom is -0.444 e. The van der Waals surface area contributed by atoms with Gasteiger partial charge >= 0.3 is 6.09 Å². The molecule has 3 aliphatic heterocycles. The van der Waals surface area contributed by atoms with Crippen LogP contribution in [0.2, 0.25) is 0 Å². The predicted molar refractivity (Wildman–Crippen MR) is 204 cm³/mol. The van der Waals surface area contributed by atoms with E-state index in [4.69, 9.17) is 10.5 Å². The van der Waals surface area contributed by atoms with Crippen LogP contribution >= 0.6 is 0 Å². The number of hydrogen-bond donors (Lipinski definition) is 3. The number of carbonyl (C=O) groups excluding carboxylic acids is 4. The Bertz CT molecular complexity index is 2210. The number of amides is 4. The van der Waals surface area contributed by atoms with Crippen LogP contribution in [0.25, 0.3) is 0 Å². The van der Waals surface area contributed by atoms with Gasteiger partial charge in [-0.3, -0.25) is 33.6 Å². The average molecular weight is 833 g/mol. The molecule has 2 aliphatic carbocycles. The number of allylic oxidation sites excluding steroid dienone is 2. The second kappa shape index (κ2) is 15.7. The molecular weight excluding hydrogens is 786 g/mol. The van der Waals surface area contributed by atoms with Crippen molar-refractivity contribution in [2.75, 3.05) is 29.9 Å². The number of fused-ring (bicyclic) bond motifs is 1. The highest BCUT2D eigenvalue weighted by Crippen LogP contribution is 2.53. The lowest BCUT2D eigenvalue weighted by Gasteiger charge is -2.30. The molecule has 58 heavy (non-hydrogen) atoms. The van der Waals surface area contributed by atoms with Gasteiger partial charge in [0.25, 0.3) is 16.8 Å².